The number of aliphatic hydroxyl groups is 1. The van der Waals surface area contributed by atoms with E-state index in [1.807, 2.05) is 73.6 Å². The van der Waals surface area contributed by atoms with Gasteiger partial charge in [0.05, 0.1) is 0 Å². The van der Waals surface area contributed by atoms with Gasteiger partial charge in [-0.05, 0) is 29.8 Å². The van der Waals surface area contributed by atoms with Crippen LogP contribution in [0, 0.1) is 11.8 Å². The number of hydrogen-bond donors (Lipinski definition) is 1. The first-order chi connectivity index (χ1) is 9.16. The molecule has 0 aliphatic rings. The van der Waals surface area contributed by atoms with E-state index in [2.05, 4.69) is 11.8 Å². The predicted molar refractivity (Wildman–Crippen MR) is 79.0 cm³/mol. The number of rotatable bonds is 2. The molecule has 0 heterocycles. The Bertz CT molecular complexity index is 576. The molecule has 0 fully saturated rings. The molecule has 0 saturated heterocycles. The van der Waals surface area contributed by atoms with E-state index in [0.29, 0.717) is 0 Å². The smallest absolute Gasteiger partial charge is 0.140 e. The fraction of sp³-hybridized carbons (Fsp3) is 0.176. The van der Waals surface area contributed by atoms with Crippen molar-refractivity contribution in [1.29, 1.82) is 0 Å². The first kappa shape index (κ1) is 13.2. The third kappa shape index (κ3) is 3.61. The van der Waals surface area contributed by atoms with Crippen LogP contribution in [-0.4, -0.2) is 19.2 Å². The molecular weight excluding hydrogens is 234 g/mol. The Balaban J connectivity index is 2.12. The van der Waals surface area contributed by atoms with Crippen LogP contribution in [0.1, 0.15) is 17.2 Å². The zero-order valence-corrected chi connectivity index (χ0v) is 11.2. The van der Waals surface area contributed by atoms with Crippen molar-refractivity contribution in [1.82, 2.24) is 0 Å². The van der Waals surface area contributed by atoms with E-state index in [0.717, 1.165) is 16.8 Å². The SMILES string of the molecule is CN(C)c1ccc([C@H](O)C#Cc2ccccc2)cc1. The standard InChI is InChI=1S/C17H17NO/c1-18(2)16-11-9-15(10-12-16)17(19)13-8-14-6-4-3-5-7-14/h3-7,9-12,17,19H,1-2H3/t17-/m1/s1. The van der Waals surface area contributed by atoms with Crippen LogP contribution < -0.4 is 4.90 Å². The minimum atomic E-state index is -0.753. The summed E-state index contributed by atoms with van der Waals surface area (Å²) < 4.78 is 0. The minimum Gasteiger partial charge on any atom is -0.378 e. The Morgan fingerprint density at radius 2 is 1.58 bits per heavy atom. The lowest BCUT2D eigenvalue weighted by atomic mass is 10.1. The van der Waals surface area contributed by atoms with Gasteiger partial charge >= 0.3 is 0 Å². The van der Waals surface area contributed by atoms with E-state index in [1.165, 1.54) is 0 Å². The molecule has 96 valence electrons. The quantitative estimate of drug-likeness (QED) is 0.830. The van der Waals surface area contributed by atoms with Crippen molar-refractivity contribution in [2.75, 3.05) is 19.0 Å². The van der Waals surface area contributed by atoms with Crippen LogP contribution in [0.3, 0.4) is 0 Å². The van der Waals surface area contributed by atoms with Gasteiger partial charge in [0.2, 0.25) is 0 Å². The van der Waals surface area contributed by atoms with Gasteiger partial charge in [-0.3, -0.25) is 0 Å². The number of aliphatic hydroxyl groups excluding tert-OH is 1. The molecule has 0 aromatic heterocycles. The highest BCUT2D eigenvalue weighted by Crippen LogP contribution is 2.17. The lowest BCUT2D eigenvalue weighted by molar-refractivity contribution is 0.238. The monoisotopic (exact) mass is 251 g/mol. The van der Waals surface area contributed by atoms with E-state index < -0.39 is 6.10 Å². The van der Waals surface area contributed by atoms with Gasteiger partial charge in [-0.2, -0.15) is 0 Å². The molecule has 0 bridgehead atoms. The maximum absolute atomic E-state index is 10.0. The summed E-state index contributed by atoms with van der Waals surface area (Å²) in [7, 11) is 3.97. The average Bonchev–Trinajstić information content (AvgIpc) is 2.46. The molecule has 19 heavy (non-hydrogen) atoms. The van der Waals surface area contributed by atoms with Gasteiger partial charge in [0.15, 0.2) is 0 Å². The Kier molecular flexibility index (Phi) is 4.22. The van der Waals surface area contributed by atoms with Crippen molar-refractivity contribution >= 4 is 5.69 Å². The summed E-state index contributed by atoms with van der Waals surface area (Å²) in [6.45, 7) is 0. The molecular formula is C17H17NO. The third-order valence-corrected chi connectivity index (χ3v) is 2.85. The van der Waals surface area contributed by atoms with Gasteiger partial charge in [-0.15, -0.1) is 0 Å². The Hall–Kier alpha value is -2.24. The number of anilines is 1. The van der Waals surface area contributed by atoms with Crippen molar-refractivity contribution in [3.8, 4) is 11.8 Å². The van der Waals surface area contributed by atoms with Crippen LogP contribution in [0.5, 0.6) is 0 Å². The molecule has 0 saturated carbocycles. The van der Waals surface area contributed by atoms with Crippen molar-refractivity contribution < 1.29 is 5.11 Å². The molecule has 2 heteroatoms. The largest absolute Gasteiger partial charge is 0.378 e. The summed E-state index contributed by atoms with van der Waals surface area (Å²) in [5.41, 5.74) is 2.83. The summed E-state index contributed by atoms with van der Waals surface area (Å²) >= 11 is 0. The molecule has 2 aromatic rings. The van der Waals surface area contributed by atoms with E-state index in [4.69, 9.17) is 0 Å². The summed E-state index contributed by atoms with van der Waals surface area (Å²) in [5, 5.41) is 10.0. The molecule has 0 aliphatic carbocycles. The molecule has 0 aliphatic heterocycles. The highest BCUT2D eigenvalue weighted by atomic mass is 16.3. The summed E-state index contributed by atoms with van der Waals surface area (Å²) in [4.78, 5) is 2.02. The Labute approximate surface area is 114 Å². The molecule has 2 rings (SSSR count). The first-order valence-corrected chi connectivity index (χ1v) is 6.19. The van der Waals surface area contributed by atoms with Gasteiger partial charge in [0, 0.05) is 25.3 Å². The third-order valence-electron chi connectivity index (χ3n) is 2.85. The summed E-state index contributed by atoms with van der Waals surface area (Å²) in [6.07, 6.45) is -0.753. The molecule has 2 aromatic carbocycles. The van der Waals surface area contributed by atoms with Crippen molar-refractivity contribution in [3.63, 3.8) is 0 Å². The van der Waals surface area contributed by atoms with Gasteiger partial charge in [0.25, 0.3) is 0 Å². The topological polar surface area (TPSA) is 23.5 Å². The van der Waals surface area contributed by atoms with Gasteiger partial charge in [-0.1, -0.05) is 42.2 Å². The fourth-order valence-corrected chi connectivity index (χ4v) is 1.71. The lowest BCUT2D eigenvalue weighted by Gasteiger charge is -2.13. The maximum Gasteiger partial charge on any atom is 0.140 e. The average molecular weight is 251 g/mol. The second kappa shape index (κ2) is 6.08. The van der Waals surface area contributed by atoms with E-state index >= 15 is 0 Å². The predicted octanol–water partition coefficient (Wildman–Crippen LogP) is 2.84. The van der Waals surface area contributed by atoms with E-state index in [-0.39, 0.29) is 0 Å². The highest BCUT2D eigenvalue weighted by Gasteiger charge is 2.03. The van der Waals surface area contributed by atoms with E-state index in [9.17, 15) is 5.11 Å². The zero-order valence-electron chi connectivity index (χ0n) is 11.2. The number of hydrogen-bond acceptors (Lipinski definition) is 2. The van der Waals surface area contributed by atoms with Crippen molar-refractivity contribution in [2.45, 2.75) is 6.10 Å². The van der Waals surface area contributed by atoms with E-state index in [1.54, 1.807) is 0 Å². The molecule has 2 nitrogen and oxygen atoms in total. The lowest BCUT2D eigenvalue weighted by Crippen LogP contribution is -2.08. The van der Waals surface area contributed by atoms with Gasteiger partial charge in [0.1, 0.15) is 6.10 Å². The molecule has 0 spiro atoms. The zero-order chi connectivity index (χ0) is 13.7. The molecule has 1 atom stereocenters. The number of nitrogens with zero attached hydrogens (tertiary/aromatic N) is 1. The normalized spacial score (nSPS) is 11.3. The summed E-state index contributed by atoms with van der Waals surface area (Å²) in [6, 6.07) is 17.4. The number of benzene rings is 2. The second-order valence-corrected chi connectivity index (χ2v) is 4.52. The molecule has 0 unspecified atom stereocenters. The van der Waals surface area contributed by atoms with Crippen molar-refractivity contribution in [3.05, 3.63) is 65.7 Å². The summed E-state index contributed by atoms with van der Waals surface area (Å²) in [5.74, 6) is 5.83. The second-order valence-electron chi connectivity index (χ2n) is 4.52. The van der Waals surface area contributed by atoms with Crippen molar-refractivity contribution in [2.24, 2.45) is 0 Å². The fourth-order valence-electron chi connectivity index (χ4n) is 1.71. The molecule has 0 radical (unpaired) electrons. The highest BCUT2D eigenvalue weighted by molar-refractivity contribution is 5.47. The first-order valence-electron chi connectivity index (χ1n) is 6.19. The van der Waals surface area contributed by atoms with Gasteiger partial charge < -0.3 is 10.0 Å². The Morgan fingerprint density at radius 3 is 2.16 bits per heavy atom. The van der Waals surface area contributed by atoms with Crippen LogP contribution in [0.2, 0.25) is 0 Å². The van der Waals surface area contributed by atoms with Crippen LogP contribution in [0.4, 0.5) is 5.69 Å². The molecule has 1 N–H and O–H groups in total. The maximum atomic E-state index is 10.0. The van der Waals surface area contributed by atoms with Gasteiger partial charge in [-0.25, -0.2) is 0 Å². The van der Waals surface area contributed by atoms with Crippen LogP contribution in [-0.2, 0) is 0 Å². The van der Waals surface area contributed by atoms with Crippen LogP contribution in [0.25, 0.3) is 0 Å². The minimum absolute atomic E-state index is 0.753. The molecule has 0 amide bonds. The van der Waals surface area contributed by atoms with Crippen LogP contribution in [0.15, 0.2) is 54.6 Å². The Morgan fingerprint density at radius 1 is 0.947 bits per heavy atom. The van der Waals surface area contributed by atoms with Crippen LogP contribution >= 0.6 is 0 Å².